The van der Waals surface area contributed by atoms with Gasteiger partial charge >= 0.3 is 0 Å². The summed E-state index contributed by atoms with van der Waals surface area (Å²) in [4.78, 5) is 29.5. The number of ether oxygens (including phenoxy) is 3. The fourth-order valence-electron chi connectivity index (χ4n) is 6.04. The minimum atomic E-state index is -4.41. The summed E-state index contributed by atoms with van der Waals surface area (Å²) in [5.74, 6) is -0.855. The summed E-state index contributed by atoms with van der Waals surface area (Å²) in [6.45, 7) is 4.90. The van der Waals surface area contributed by atoms with E-state index in [4.69, 9.17) is 25.4 Å². The summed E-state index contributed by atoms with van der Waals surface area (Å²) in [7, 11) is -2.94. The molecule has 0 unspecified atom stereocenters. The summed E-state index contributed by atoms with van der Waals surface area (Å²) < 4.78 is 46.7. The Kier molecular flexibility index (Phi) is 12.8. The Hall–Kier alpha value is -3.64. The van der Waals surface area contributed by atoms with Crippen molar-refractivity contribution in [3.8, 4) is 5.75 Å². The minimum absolute atomic E-state index is 0.0595. The standard InChI is InChI=1S/C33H47N5O10S/c1-18-14-26(46-4)19(2)20(3)29(18)49(44,45)37-24(16-47-33-28(41)27(40)25(39)17-48-33)31(42)36-23(32(43)38-12-6-5-7-13-38)15-21-8-10-22(11-9-21)30(34)35/h8-11,14,23-25,27-28,33,37,39-41H,5-7,12-13,15-17H2,1-4H3,(H3,34,35)(H,36,42)/t23-,24+,25-,27-,28-,33-/m1/s1. The van der Waals surface area contributed by atoms with E-state index >= 15 is 0 Å². The predicted octanol–water partition coefficient (Wildman–Crippen LogP) is -0.253. The van der Waals surface area contributed by atoms with Gasteiger partial charge in [-0.25, -0.2) is 8.42 Å². The maximum absolute atomic E-state index is 14.0. The molecule has 16 heteroatoms. The summed E-state index contributed by atoms with van der Waals surface area (Å²) in [6.07, 6.45) is -3.51. The van der Waals surface area contributed by atoms with Crippen molar-refractivity contribution in [3.05, 3.63) is 58.1 Å². The summed E-state index contributed by atoms with van der Waals surface area (Å²) in [5.41, 5.74) is 8.09. The van der Waals surface area contributed by atoms with E-state index in [-0.39, 0.29) is 29.7 Å². The highest BCUT2D eigenvalue weighted by Crippen LogP contribution is 2.30. The van der Waals surface area contributed by atoms with Crippen LogP contribution in [0.25, 0.3) is 0 Å². The van der Waals surface area contributed by atoms with Crippen molar-refractivity contribution in [2.24, 2.45) is 5.73 Å². The van der Waals surface area contributed by atoms with Crippen LogP contribution >= 0.6 is 0 Å². The molecule has 0 spiro atoms. The molecular formula is C33H47N5O10S. The van der Waals surface area contributed by atoms with Crippen LogP contribution in [0.1, 0.15) is 47.1 Å². The monoisotopic (exact) mass is 705 g/mol. The summed E-state index contributed by atoms with van der Waals surface area (Å²) in [5, 5.41) is 40.8. The molecular weight excluding hydrogens is 658 g/mol. The van der Waals surface area contributed by atoms with E-state index < -0.39 is 59.2 Å². The zero-order valence-corrected chi connectivity index (χ0v) is 29.0. The first-order valence-corrected chi connectivity index (χ1v) is 17.6. The molecule has 8 N–H and O–H groups in total. The molecule has 2 aliphatic rings. The second-order valence-corrected chi connectivity index (χ2v) is 14.1. The number of hydrogen-bond acceptors (Lipinski definition) is 11. The van der Waals surface area contributed by atoms with E-state index in [2.05, 4.69) is 10.0 Å². The number of piperidine rings is 1. The Bertz CT molecular complexity index is 1610. The van der Waals surface area contributed by atoms with Crippen LogP contribution in [-0.4, -0.2) is 116 Å². The Balaban J connectivity index is 1.65. The first-order valence-electron chi connectivity index (χ1n) is 16.1. The van der Waals surface area contributed by atoms with Crippen molar-refractivity contribution in [1.29, 1.82) is 5.41 Å². The van der Waals surface area contributed by atoms with Crippen LogP contribution in [0.15, 0.2) is 35.2 Å². The van der Waals surface area contributed by atoms with Crippen LogP contribution in [0.5, 0.6) is 5.75 Å². The fourth-order valence-corrected chi connectivity index (χ4v) is 7.74. The maximum Gasteiger partial charge on any atom is 0.245 e. The fraction of sp³-hybridized carbons (Fsp3) is 0.545. The smallest absolute Gasteiger partial charge is 0.245 e. The quantitative estimate of drug-likeness (QED) is 0.106. The number of aliphatic hydroxyl groups excluding tert-OH is 3. The number of sulfonamides is 1. The molecule has 49 heavy (non-hydrogen) atoms. The molecule has 0 saturated carbocycles. The van der Waals surface area contributed by atoms with E-state index in [1.54, 1.807) is 56.0 Å². The predicted molar refractivity (Wildman–Crippen MR) is 179 cm³/mol. The van der Waals surface area contributed by atoms with Crippen LogP contribution in [0.3, 0.4) is 0 Å². The van der Waals surface area contributed by atoms with Gasteiger partial charge in [-0.2, -0.15) is 4.72 Å². The van der Waals surface area contributed by atoms with Crippen molar-refractivity contribution >= 4 is 27.7 Å². The Morgan fingerprint density at radius 1 is 1.04 bits per heavy atom. The lowest BCUT2D eigenvalue weighted by Gasteiger charge is -2.35. The number of nitrogens with one attached hydrogen (secondary N) is 3. The second-order valence-electron chi connectivity index (χ2n) is 12.5. The zero-order chi connectivity index (χ0) is 36.0. The number of aryl methyl sites for hydroxylation is 1. The second kappa shape index (κ2) is 16.4. The first kappa shape index (κ1) is 38.2. The van der Waals surface area contributed by atoms with E-state index in [0.29, 0.717) is 46.7 Å². The molecule has 4 rings (SSSR count). The Morgan fingerprint density at radius 3 is 2.31 bits per heavy atom. The number of amidine groups is 1. The molecule has 2 saturated heterocycles. The number of rotatable bonds is 13. The third-order valence-electron chi connectivity index (χ3n) is 8.95. The number of likely N-dealkylation sites (tertiary alicyclic amines) is 1. The van der Waals surface area contributed by atoms with Gasteiger partial charge in [-0.1, -0.05) is 24.3 Å². The molecule has 2 aromatic carbocycles. The van der Waals surface area contributed by atoms with Crippen molar-refractivity contribution in [3.63, 3.8) is 0 Å². The van der Waals surface area contributed by atoms with Gasteiger partial charge in [0.15, 0.2) is 6.29 Å². The number of nitrogen functional groups attached to an aromatic ring is 1. The molecule has 2 aromatic rings. The lowest BCUT2D eigenvalue weighted by atomic mass is 10.0. The van der Waals surface area contributed by atoms with Crippen LogP contribution in [0.4, 0.5) is 0 Å². The number of carbonyl (C=O) groups excluding carboxylic acids is 2. The van der Waals surface area contributed by atoms with Crippen LogP contribution in [-0.2, 0) is 35.5 Å². The van der Waals surface area contributed by atoms with Crippen LogP contribution in [0, 0.1) is 26.2 Å². The van der Waals surface area contributed by atoms with E-state index in [9.17, 15) is 33.3 Å². The summed E-state index contributed by atoms with van der Waals surface area (Å²) in [6, 6.07) is 5.50. The van der Waals surface area contributed by atoms with Gasteiger partial charge in [-0.05, 0) is 68.4 Å². The van der Waals surface area contributed by atoms with Gasteiger partial charge in [-0.3, -0.25) is 15.0 Å². The Morgan fingerprint density at radius 2 is 1.69 bits per heavy atom. The highest BCUT2D eigenvalue weighted by molar-refractivity contribution is 7.89. The van der Waals surface area contributed by atoms with Crippen LogP contribution in [0.2, 0.25) is 0 Å². The van der Waals surface area contributed by atoms with Gasteiger partial charge in [0.25, 0.3) is 0 Å². The average Bonchev–Trinajstić information content (AvgIpc) is 3.07. The van der Waals surface area contributed by atoms with E-state index in [1.807, 2.05) is 0 Å². The number of amides is 2. The largest absolute Gasteiger partial charge is 0.496 e. The molecule has 2 aliphatic heterocycles. The van der Waals surface area contributed by atoms with E-state index in [1.165, 1.54) is 7.11 Å². The SMILES string of the molecule is COc1cc(C)c(S(=O)(=O)N[C@@H](CO[C@@H]2OC[C@@H](O)[C@@H](O)[C@H]2O)C(=O)N[C@H](Cc2ccc(C(=N)N)cc2)C(=O)N2CCCCC2)c(C)c1C. The number of aliphatic hydroxyl groups is 3. The highest BCUT2D eigenvalue weighted by Gasteiger charge is 2.40. The number of benzene rings is 2. The highest BCUT2D eigenvalue weighted by atomic mass is 32.2. The normalized spacial score (nSPS) is 22.6. The molecule has 270 valence electrons. The van der Waals surface area contributed by atoms with Gasteiger partial charge in [0.1, 0.15) is 42.0 Å². The van der Waals surface area contributed by atoms with Gasteiger partial charge in [0.2, 0.25) is 21.8 Å². The number of nitrogens with zero attached hydrogens (tertiary/aromatic N) is 1. The number of carbonyl (C=O) groups is 2. The molecule has 2 amide bonds. The lowest BCUT2D eigenvalue weighted by molar-refractivity contribution is -0.270. The molecule has 0 aliphatic carbocycles. The molecule has 2 fully saturated rings. The Labute approximate surface area is 286 Å². The molecule has 0 aromatic heterocycles. The minimum Gasteiger partial charge on any atom is -0.496 e. The lowest BCUT2D eigenvalue weighted by Crippen LogP contribution is -2.58. The first-order chi connectivity index (χ1) is 23.1. The molecule has 6 atom stereocenters. The number of hydrogen-bond donors (Lipinski definition) is 7. The van der Waals surface area contributed by atoms with Crippen molar-refractivity contribution in [2.45, 2.75) is 88.0 Å². The number of methoxy groups -OCH3 is 1. The van der Waals surface area contributed by atoms with Gasteiger partial charge in [-0.15, -0.1) is 0 Å². The molecule has 0 bridgehead atoms. The van der Waals surface area contributed by atoms with Crippen molar-refractivity contribution in [1.82, 2.24) is 14.9 Å². The third-order valence-corrected chi connectivity index (χ3v) is 10.7. The maximum atomic E-state index is 14.0. The van der Waals surface area contributed by atoms with Crippen molar-refractivity contribution < 1.29 is 47.5 Å². The zero-order valence-electron chi connectivity index (χ0n) is 28.1. The van der Waals surface area contributed by atoms with Gasteiger partial charge in [0, 0.05) is 25.1 Å². The number of nitrogens with two attached hydrogens (primary N) is 1. The average molecular weight is 706 g/mol. The van der Waals surface area contributed by atoms with E-state index in [0.717, 1.165) is 19.3 Å². The van der Waals surface area contributed by atoms with Crippen molar-refractivity contribution in [2.75, 3.05) is 33.4 Å². The molecule has 2 heterocycles. The molecule has 0 radical (unpaired) electrons. The summed E-state index contributed by atoms with van der Waals surface area (Å²) >= 11 is 0. The van der Waals surface area contributed by atoms with Crippen LogP contribution < -0.4 is 20.5 Å². The van der Waals surface area contributed by atoms with Gasteiger partial charge < -0.3 is 45.5 Å². The molecule has 15 nitrogen and oxygen atoms in total. The third kappa shape index (κ3) is 9.13. The van der Waals surface area contributed by atoms with Gasteiger partial charge in [0.05, 0.1) is 25.2 Å². The topological polar surface area (TPSA) is 234 Å².